The molecule has 3 heterocycles. The molecule has 0 radical (unpaired) electrons. The molecule has 4 heteroatoms. The molecular formula is C48H27N3O. The Morgan fingerprint density at radius 3 is 1.54 bits per heavy atom. The summed E-state index contributed by atoms with van der Waals surface area (Å²) in [6, 6.07) is 59.0. The van der Waals surface area contributed by atoms with Crippen LogP contribution in [0, 0.1) is 11.3 Å². The molecule has 0 N–H and O–H groups in total. The summed E-state index contributed by atoms with van der Waals surface area (Å²) in [5, 5.41) is 20.0. The van der Waals surface area contributed by atoms with Crippen LogP contribution in [0.5, 0.6) is 0 Å². The minimum absolute atomic E-state index is 0.0103. The van der Waals surface area contributed by atoms with Gasteiger partial charge in [0.15, 0.2) is 0 Å². The Morgan fingerprint density at radius 1 is 0.423 bits per heavy atom. The van der Waals surface area contributed by atoms with Crippen molar-refractivity contribution in [3.8, 4) is 34.0 Å². The Morgan fingerprint density at radius 2 is 0.904 bits per heavy atom. The highest BCUT2D eigenvalue weighted by Gasteiger charge is 2.21. The highest BCUT2D eigenvalue weighted by atomic mass is 16.1. The van der Waals surface area contributed by atoms with E-state index < -0.39 is 0 Å². The summed E-state index contributed by atoms with van der Waals surface area (Å²) >= 11 is 0. The second-order valence-electron chi connectivity index (χ2n) is 13.5. The van der Waals surface area contributed by atoms with Crippen molar-refractivity contribution < 1.29 is 0 Å². The van der Waals surface area contributed by atoms with E-state index in [1.165, 1.54) is 10.8 Å². The first-order valence-electron chi connectivity index (χ1n) is 17.5. The molecule has 0 spiro atoms. The zero-order chi connectivity index (χ0) is 34.5. The lowest BCUT2D eigenvalue weighted by molar-refractivity contribution is 1.19. The summed E-state index contributed by atoms with van der Waals surface area (Å²) in [5.41, 5.74) is 9.79. The van der Waals surface area contributed by atoms with Crippen molar-refractivity contribution >= 4 is 70.5 Å². The Balaban J connectivity index is 1.12. The largest absolute Gasteiger partial charge is 0.309 e. The predicted octanol–water partition coefficient (Wildman–Crippen LogP) is 11.7. The van der Waals surface area contributed by atoms with Crippen molar-refractivity contribution in [3.63, 3.8) is 0 Å². The third-order valence-electron chi connectivity index (χ3n) is 10.9. The zero-order valence-electron chi connectivity index (χ0n) is 27.8. The van der Waals surface area contributed by atoms with Gasteiger partial charge < -0.3 is 4.57 Å². The molecule has 0 saturated heterocycles. The van der Waals surface area contributed by atoms with E-state index in [0.717, 1.165) is 82.3 Å². The summed E-state index contributed by atoms with van der Waals surface area (Å²) in [5.74, 6) is 0. The first-order chi connectivity index (χ1) is 25.7. The van der Waals surface area contributed by atoms with Gasteiger partial charge in [0.05, 0.1) is 39.4 Å². The number of hydrogen-bond donors (Lipinski definition) is 0. The van der Waals surface area contributed by atoms with Crippen LogP contribution in [0.1, 0.15) is 5.56 Å². The highest BCUT2D eigenvalue weighted by Crippen LogP contribution is 2.42. The molecule has 0 atom stereocenters. The first kappa shape index (κ1) is 28.6. The smallest absolute Gasteiger partial charge is 0.263 e. The van der Waals surface area contributed by atoms with E-state index in [1.54, 1.807) is 0 Å². The van der Waals surface area contributed by atoms with Crippen LogP contribution < -0.4 is 5.56 Å². The molecule has 0 unspecified atom stereocenters. The van der Waals surface area contributed by atoms with Gasteiger partial charge in [0.1, 0.15) is 0 Å². The van der Waals surface area contributed by atoms with E-state index in [9.17, 15) is 10.1 Å². The number of nitrogens with zero attached hydrogens (tertiary/aromatic N) is 3. The number of fused-ring (bicyclic) bond motifs is 9. The van der Waals surface area contributed by atoms with Gasteiger partial charge in [-0.3, -0.25) is 9.20 Å². The van der Waals surface area contributed by atoms with Gasteiger partial charge >= 0.3 is 0 Å². The number of hydrogen-bond acceptors (Lipinski definition) is 2. The van der Waals surface area contributed by atoms with E-state index >= 15 is 0 Å². The molecule has 4 nitrogen and oxygen atoms in total. The molecule has 0 bridgehead atoms. The fourth-order valence-electron chi connectivity index (χ4n) is 8.66. The molecule has 240 valence electrons. The predicted molar refractivity (Wildman–Crippen MR) is 215 cm³/mol. The Hall–Kier alpha value is -7.22. The maximum Gasteiger partial charge on any atom is 0.263 e. The van der Waals surface area contributed by atoms with Gasteiger partial charge in [-0.05, 0) is 69.9 Å². The third-order valence-corrected chi connectivity index (χ3v) is 10.9. The number of aromatic nitrogens is 2. The molecule has 8 aromatic carbocycles. The number of nitriles is 1. The molecule has 0 amide bonds. The summed E-state index contributed by atoms with van der Waals surface area (Å²) in [7, 11) is 0. The average Bonchev–Trinajstić information content (AvgIpc) is 3.73. The van der Waals surface area contributed by atoms with E-state index in [0.29, 0.717) is 10.9 Å². The third kappa shape index (κ3) is 3.82. The first-order valence-corrected chi connectivity index (χ1v) is 17.5. The summed E-state index contributed by atoms with van der Waals surface area (Å²) < 4.78 is 4.18. The van der Waals surface area contributed by atoms with E-state index in [-0.39, 0.29) is 5.56 Å². The second-order valence-corrected chi connectivity index (χ2v) is 13.5. The van der Waals surface area contributed by atoms with Gasteiger partial charge in [0.2, 0.25) is 0 Å². The molecular weight excluding hydrogens is 635 g/mol. The van der Waals surface area contributed by atoms with Crippen molar-refractivity contribution in [1.82, 2.24) is 8.97 Å². The second kappa shape index (κ2) is 10.6. The van der Waals surface area contributed by atoms with Gasteiger partial charge in [-0.25, -0.2) is 0 Å². The van der Waals surface area contributed by atoms with Crippen LogP contribution >= 0.6 is 0 Å². The van der Waals surface area contributed by atoms with Crippen LogP contribution in [0.4, 0.5) is 0 Å². The molecule has 0 saturated carbocycles. The van der Waals surface area contributed by atoms with Crippen LogP contribution in [0.25, 0.3) is 98.5 Å². The molecule has 0 aliphatic rings. The number of rotatable bonds is 3. The quantitative estimate of drug-likeness (QED) is 0.177. The maximum atomic E-state index is 13.8. The van der Waals surface area contributed by atoms with Crippen molar-refractivity contribution in [2.24, 2.45) is 0 Å². The van der Waals surface area contributed by atoms with Crippen molar-refractivity contribution in [2.45, 2.75) is 0 Å². The van der Waals surface area contributed by atoms with Gasteiger partial charge in [0.25, 0.3) is 5.56 Å². The standard InChI is InChI=1S/C48H27N3O/c49-28-32-27-45(50-42-18-8-5-12-34(42)35-13-6-9-19-43(35)50)36-14-2-3-16-38(36)46(32)30-23-21-29(22-24-30)31-25-40-33-11-1-4-17-39(33)48(52)51-44-20-10-7-15-37(44)41(26-31)47(40)51/h1-27H. The fourth-order valence-corrected chi connectivity index (χ4v) is 8.66. The molecule has 0 aliphatic carbocycles. The van der Waals surface area contributed by atoms with Gasteiger partial charge in [-0.2, -0.15) is 5.26 Å². The van der Waals surface area contributed by atoms with Gasteiger partial charge in [-0.15, -0.1) is 0 Å². The lowest BCUT2D eigenvalue weighted by Crippen LogP contribution is -2.12. The van der Waals surface area contributed by atoms with Crippen LogP contribution in [-0.4, -0.2) is 8.97 Å². The molecule has 11 rings (SSSR count). The normalized spacial score (nSPS) is 11.9. The molecule has 0 aliphatic heterocycles. The summed E-state index contributed by atoms with van der Waals surface area (Å²) in [6.45, 7) is 0. The lowest BCUT2D eigenvalue weighted by Gasteiger charge is -2.17. The van der Waals surface area contributed by atoms with Gasteiger partial charge in [-0.1, -0.05) is 121 Å². The van der Waals surface area contributed by atoms with E-state index in [2.05, 4.69) is 132 Å². The zero-order valence-corrected chi connectivity index (χ0v) is 27.8. The van der Waals surface area contributed by atoms with Crippen LogP contribution in [0.2, 0.25) is 0 Å². The van der Waals surface area contributed by atoms with Gasteiger partial charge in [0, 0.05) is 43.3 Å². The topological polar surface area (TPSA) is 50.2 Å². The van der Waals surface area contributed by atoms with Crippen molar-refractivity contribution in [3.05, 3.63) is 180 Å². The molecule has 52 heavy (non-hydrogen) atoms. The Bertz CT molecular complexity index is 3330. The van der Waals surface area contributed by atoms with E-state index in [1.807, 2.05) is 46.9 Å². The average molecular weight is 662 g/mol. The number of pyridine rings is 1. The number of benzene rings is 8. The molecule has 0 fully saturated rings. The lowest BCUT2D eigenvalue weighted by atomic mass is 9.91. The highest BCUT2D eigenvalue weighted by molar-refractivity contribution is 6.21. The SMILES string of the molecule is N#Cc1cc(-n2c3ccccc3c3ccccc32)c2ccccc2c1-c1ccc(-c2cc3c4ccccc4c(=O)n4c5ccccc5c(c2)c34)cc1. The molecule has 3 aromatic heterocycles. The van der Waals surface area contributed by atoms with E-state index in [4.69, 9.17) is 0 Å². The summed E-state index contributed by atoms with van der Waals surface area (Å²) in [6.07, 6.45) is 0. The van der Waals surface area contributed by atoms with Crippen LogP contribution in [-0.2, 0) is 0 Å². The Kier molecular flexibility index (Phi) is 5.85. The van der Waals surface area contributed by atoms with Crippen LogP contribution in [0.15, 0.2) is 169 Å². The Labute approximate surface area is 297 Å². The molecule has 11 aromatic rings. The van der Waals surface area contributed by atoms with Crippen molar-refractivity contribution in [2.75, 3.05) is 0 Å². The minimum atomic E-state index is 0.0103. The van der Waals surface area contributed by atoms with Crippen molar-refractivity contribution in [1.29, 1.82) is 5.26 Å². The maximum absolute atomic E-state index is 13.8. The minimum Gasteiger partial charge on any atom is -0.309 e. The monoisotopic (exact) mass is 661 g/mol. The van der Waals surface area contributed by atoms with Crippen LogP contribution in [0.3, 0.4) is 0 Å². The number of para-hydroxylation sites is 3. The fraction of sp³-hybridized carbons (Fsp3) is 0. The summed E-state index contributed by atoms with van der Waals surface area (Å²) in [4.78, 5) is 13.8.